The fourth-order valence-electron chi connectivity index (χ4n) is 3.91. The smallest absolute Gasteiger partial charge is 0.318 e. The first-order chi connectivity index (χ1) is 11.5. The number of urea groups is 1. The average molecular weight is 332 g/mol. The number of hydrogen-bond acceptors (Lipinski definition) is 3. The predicted octanol–water partition coefficient (Wildman–Crippen LogP) is 2.42. The van der Waals surface area contributed by atoms with Crippen molar-refractivity contribution in [2.45, 2.75) is 56.7 Å². The zero-order valence-electron chi connectivity index (χ0n) is 13.7. The fourth-order valence-corrected chi connectivity index (χ4v) is 3.91. The minimum Gasteiger partial charge on any atom is -0.481 e. The van der Waals surface area contributed by atoms with E-state index in [2.05, 4.69) is 5.32 Å². The molecule has 1 heterocycles. The molecule has 0 radical (unpaired) electrons. The van der Waals surface area contributed by atoms with Crippen LogP contribution < -0.4 is 5.32 Å². The Bertz CT molecular complexity index is 625. The van der Waals surface area contributed by atoms with Gasteiger partial charge in [-0.25, -0.2) is 4.79 Å². The Morgan fingerprint density at radius 1 is 1.21 bits per heavy atom. The molecule has 1 fully saturated rings. The standard InChI is InChI=1S/C18H24N2O4/c21-15-12-20(11-13-6-2-3-7-14(13)15)17(24)19-18(10-16(22)23)8-4-1-5-9-18/h2-3,6-7,15,21H,1,4-5,8-12H2,(H,19,24)(H,22,23)/t15-/m1/s1. The van der Waals surface area contributed by atoms with Crippen LogP contribution in [0.1, 0.15) is 55.8 Å². The van der Waals surface area contributed by atoms with Gasteiger partial charge in [0.1, 0.15) is 0 Å². The number of carboxylic acid groups (broad SMARTS) is 1. The average Bonchev–Trinajstić information content (AvgIpc) is 2.54. The number of nitrogens with one attached hydrogen (secondary N) is 1. The highest BCUT2D eigenvalue weighted by molar-refractivity contribution is 5.77. The molecule has 0 unspecified atom stereocenters. The van der Waals surface area contributed by atoms with Crippen molar-refractivity contribution in [2.24, 2.45) is 0 Å². The number of aliphatic hydroxyl groups excluding tert-OH is 1. The third-order valence-electron chi connectivity index (χ3n) is 5.13. The molecule has 0 spiro atoms. The summed E-state index contributed by atoms with van der Waals surface area (Å²) in [7, 11) is 0. The van der Waals surface area contributed by atoms with E-state index in [0.717, 1.165) is 30.4 Å². The molecule has 3 N–H and O–H groups in total. The number of hydrogen-bond donors (Lipinski definition) is 3. The Morgan fingerprint density at radius 3 is 2.62 bits per heavy atom. The third-order valence-corrected chi connectivity index (χ3v) is 5.13. The van der Waals surface area contributed by atoms with E-state index in [4.69, 9.17) is 0 Å². The Kier molecular flexibility index (Phi) is 4.76. The van der Waals surface area contributed by atoms with Crippen LogP contribution in [0.2, 0.25) is 0 Å². The summed E-state index contributed by atoms with van der Waals surface area (Å²) < 4.78 is 0. The SMILES string of the molecule is O=C(O)CC1(NC(=O)N2Cc3ccccc3[C@H](O)C2)CCCCC1. The lowest BCUT2D eigenvalue weighted by Crippen LogP contribution is -2.56. The van der Waals surface area contributed by atoms with Crippen molar-refractivity contribution in [1.82, 2.24) is 10.2 Å². The van der Waals surface area contributed by atoms with Crippen LogP contribution in [0.25, 0.3) is 0 Å². The van der Waals surface area contributed by atoms with Gasteiger partial charge in [-0.3, -0.25) is 4.79 Å². The quantitative estimate of drug-likeness (QED) is 0.793. The molecule has 1 aromatic rings. The van der Waals surface area contributed by atoms with Gasteiger partial charge < -0.3 is 20.4 Å². The van der Waals surface area contributed by atoms with Crippen LogP contribution in [0.4, 0.5) is 4.79 Å². The van der Waals surface area contributed by atoms with Gasteiger partial charge >= 0.3 is 12.0 Å². The van der Waals surface area contributed by atoms with Crippen molar-refractivity contribution >= 4 is 12.0 Å². The number of benzene rings is 1. The van der Waals surface area contributed by atoms with Gasteiger partial charge in [0.15, 0.2) is 0 Å². The molecule has 6 heteroatoms. The molecule has 1 aliphatic carbocycles. The van der Waals surface area contributed by atoms with Crippen LogP contribution >= 0.6 is 0 Å². The normalized spacial score (nSPS) is 22.5. The largest absolute Gasteiger partial charge is 0.481 e. The molecule has 130 valence electrons. The lowest BCUT2D eigenvalue weighted by Gasteiger charge is -2.40. The number of rotatable bonds is 3. The maximum absolute atomic E-state index is 12.7. The second kappa shape index (κ2) is 6.81. The molecule has 1 atom stereocenters. The lowest BCUT2D eigenvalue weighted by atomic mass is 9.79. The number of fused-ring (bicyclic) bond motifs is 1. The molecular weight excluding hydrogens is 308 g/mol. The molecule has 24 heavy (non-hydrogen) atoms. The first kappa shape index (κ1) is 16.8. The molecule has 1 aromatic carbocycles. The second-order valence-electron chi connectivity index (χ2n) is 6.94. The Hall–Kier alpha value is -2.08. The van der Waals surface area contributed by atoms with Crippen LogP contribution in [0.5, 0.6) is 0 Å². The minimum atomic E-state index is -0.888. The molecule has 0 saturated heterocycles. The second-order valence-corrected chi connectivity index (χ2v) is 6.94. The highest BCUT2D eigenvalue weighted by Gasteiger charge is 2.38. The van der Waals surface area contributed by atoms with E-state index in [1.807, 2.05) is 24.3 Å². The number of carboxylic acids is 1. The monoisotopic (exact) mass is 332 g/mol. The fraction of sp³-hybridized carbons (Fsp3) is 0.556. The molecule has 1 saturated carbocycles. The molecule has 0 bridgehead atoms. The van der Waals surface area contributed by atoms with Crippen LogP contribution in [0.3, 0.4) is 0 Å². The number of carbonyl (C=O) groups excluding carboxylic acids is 1. The summed E-state index contributed by atoms with van der Waals surface area (Å²) in [6.45, 7) is 0.661. The molecule has 0 aromatic heterocycles. The maximum Gasteiger partial charge on any atom is 0.318 e. The van der Waals surface area contributed by atoms with Gasteiger partial charge in [-0.15, -0.1) is 0 Å². The maximum atomic E-state index is 12.7. The number of amides is 2. The van der Waals surface area contributed by atoms with Gasteiger partial charge in [-0.05, 0) is 24.0 Å². The van der Waals surface area contributed by atoms with Crippen LogP contribution in [0.15, 0.2) is 24.3 Å². The van der Waals surface area contributed by atoms with Gasteiger partial charge in [0, 0.05) is 6.54 Å². The number of carbonyl (C=O) groups is 2. The first-order valence-corrected chi connectivity index (χ1v) is 8.54. The van der Waals surface area contributed by atoms with E-state index in [1.54, 1.807) is 4.90 Å². The number of aliphatic hydroxyl groups is 1. The molecule has 6 nitrogen and oxygen atoms in total. The summed E-state index contributed by atoms with van der Waals surface area (Å²) in [6.07, 6.45) is 3.56. The Labute approximate surface area is 141 Å². The zero-order valence-corrected chi connectivity index (χ0v) is 13.7. The number of aliphatic carboxylic acids is 1. The van der Waals surface area contributed by atoms with E-state index < -0.39 is 17.6 Å². The molecule has 2 aliphatic rings. The van der Waals surface area contributed by atoms with Crippen LogP contribution in [0, 0.1) is 0 Å². The van der Waals surface area contributed by atoms with E-state index in [1.165, 1.54) is 0 Å². The van der Waals surface area contributed by atoms with Crippen LogP contribution in [-0.2, 0) is 11.3 Å². The van der Waals surface area contributed by atoms with Gasteiger partial charge in [-0.2, -0.15) is 0 Å². The van der Waals surface area contributed by atoms with Gasteiger partial charge in [0.25, 0.3) is 0 Å². The van der Waals surface area contributed by atoms with Crippen molar-refractivity contribution in [3.8, 4) is 0 Å². The molecule has 2 amide bonds. The molecule has 3 rings (SSSR count). The third kappa shape index (κ3) is 3.53. The van der Waals surface area contributed by atoms with E-state index in [0.29, 0.717) is 19.4 Å². The highest BCUT2D eigenvalue weighted by Crippen LogP contribution is 2.32. The van der Waals surface area contributed by atoms with Crippen molar-refractivity contribution < 1.29 is 19.8 Å². The van der Waals surface area contributed by atoms with Gasteiger partial charge in [0.05, 0.1) is 24.6 Å². The predicted molar refractivity (Wildman–Crippen MR) is 88.4 cm³/mol. The van der Waals surface area contributed by atoms with Crippen molar-refractivity contribution in [1.29, 1.82) is 0 Å². The molecular formula is C18H24N2O4. The van der Waals surface area contributed by atoms with Crippen molar-refractivity contribution in [2.75, 3.05) is 6.54 Å². The first-order valence-electron chi connectivity index (χ1n) is 8.54. The highest BCUT2D eigenvalue weighted by atomic mass is 16.4. The Morgan fingerprint density at radius 2 is 1.92 bits per heavy atom. The van der Waals surface area contributed by atoms with Crippen molar-refractivity contribution in [3.63, 3.8) is 0 Å². The number of nitrogens with zero attached hydrogens (tertiary/aromatic N) is 1. The molecule has 1 aliphatic heterocycles. The topological polar surface area (TPSA) is 89.9 Å². The van der Waals surface area contributed by atoms with E-state index in [-0.39, 0.29) is 19.0 Å². The zero-order chi connectivity index (χ0) is 17.2. The summed E-state index contributed by atoms with van der Waals surface area (Å²) >= 11 is 0. The summed E-state index contributed by atoms with van der Waals surface area (Å²) in [5.74, 6) is -0.888. The van der Waals surface area contributed by atoms with E-state index >= 15 is 0 Å². The van der Waals surface area contributed by atoms with Gasteiger partial charge in [-0.1, -0.05) is 43.5 Å². The minimum absolute atomic E-state index is 0.0499. The van der Waals surface area contributed by atoms with E-state index in [9.17, 15) is 19.8 Å². The summed E-state index contributed by atoms with van der Waals surface area (Å²) in [5, 5.41) is 22.5. The lowest BCUT2D eigenvalue weighted by molar-refractivity contribution is -0.139. The summed E-state index contributed by atoms with van der Waals surface area (Å²) in [5.41, 5.74) is 1.13. The van der Waals surface area contributed by atoms with Crippen LogP contribution in [-0.4, -0.2) is 39.2 Å². The Balaban J connectivity index is 1.73. The number of β-amino-alcohol motifs (C(OH)–C–C–N with tert-alkyl or cyclic N) is 1. The van der Waals surface area contributed by atoms with Crippen molar-refractivity contribution in [3.05, 3.63) is 35.4 Å². The van der Waals surface area contributed by atoms with Gasteiger partial charge in [0.2, 0.25) is 0 Å². The summed E-state index contributed by atoms with van der Waals surface area (Å²) in [6, 6.07) is 7.27. The summed E-state index contributed by atoms with van der Waals surface area (Å²) in [4.78, 5) is 25.5.